The van der Waals surface area contributed by atoms with E-state index in [-0.39, 0.29) is 10.8 Å². The summed E-state index contributed by atoms with van der Waals surface area (Å²) in [5.74, 6) is 1.42. The van der Waals surface area contributed by atoms with Gasteiger partial charge in [-0.2, -0.15) is 0 Å². The maximum absolute atomic E-state index is 10.5. The molecule has 1 unspecified atom stereocenters. The van der Waals surface area contributed by atoms with Crippen molar-refractivity contribution < 1.29 is 14.3 Å². The van der Waals surface area contributed by atoms with E-state index in [1.54, 1.807) is 7.11 Å². The Labute approximate surface area is 126 Å². The van der Waals surface area contributed by atoms with Gasteiger partial charge in [-0.15, -0.1) is 0 Å². The van der Waals surface area contributed by atoms with E-state index in [0.29, 0.717) is 5.76 Å². The molecule has 1 atom stereocenters. The fourth-order valence-electron chi connectivity index (χ4n) is 2.38. The molecular weight excluding hydrogens is 264 g/mol. The van der Waals surface area contributed by atoms with Gasteiger partial charge in [0.15, 0.2) is 0 Å². The van der Waals surface area contributed by atoms with E-state index in [1.165, 1.54) is 0 Å². The van der Waals surface area contributed by atoms with Gasteiger partial charge in [0.05, 0.1) is 7.11 Å². The van der Waals surface area contributed by atoms with E-state index >= 15 is 0 Å². The van der Waals surface area contributed by atoms with Crippen molar-refractivity contribution in [2.75, 3.05) is 7.11 Å². The number of furan rings is 1. The molecule has 0 saturated carbocycles. The van der Waals surface area contributed by atoms with E-state index < -0.39 is 6.10 Å². The Hall–Kier alpha value is -1.48. The van der Waals surface area contributed by atoms with Crippen LogP contribution in [0.15, 0.2) is 22.6 Å². The molecule has 1 aromatic heterocycles. The largest absolute Gasteiger partial charge is 0.497 e. The molecule has 0 radical (unpaired) electrons. The zero-order valence-corrected chi connectivity index (χ0v) is 14.1. The van der Waals surface area contributed by atoms with Crippen LogP contribution >= 0.6 is 0 Å². The standard InChI is InChI=1S/C18H26O3/c1-17(2,3)13-10-12(20-7)8-11-9-14(21-15(11)13)16(19)18(4,5)6/h8-10,16,19H,1-7H3. The maximum atomic E-state index is 10.5. The summed E-state index contributed by atoms with van der Waals surface area (Å²) in [6.07, 6.45) is -0.635. The zero-order chi connectivity index (χ0) is 16.0. The van der Waals surface area contributed by atoms with Gasteiger partial charge >= 0.3 is 0 Å². The third-order valence-corrected chi connectivity index (χ3v) is 3.74. The Morgan fingerprint density at radius 2 is 1.67 bits per heavy atom. The highest BCUT2D eigenvalue weighted by atomic mass is 16.5. The van der Waals surface area contributed by atoms with Crippen LogP contribution in [0.5, 0.6) is 5.75 Å². The molecule has 3 heteroatoms. The van der Waals surface area contributed by atoms with Crippen molar-refractivity contribution in [1.82, 2.24) is 0 Å². The molecule has 2 aromatic rings. The minimum atomic E-state index is -0.635. The number of rotatable bonds is 2. The number of hydrogen-bond acceptors (Lipinski definition) is 3. The highest BCUT2D eigenvalue weighted by Gasteiger charge is 2.29. The molecule has 116 valence electrons. The van der Waals surface area contributed by atoms with E-state index in [4.69, 9.17) is 9.15 Å². The summed E-state index contributed by atoms with van der Waals surface area (Å²) in [5.41, 5.74) is 1.60. The molecular formula is C18H26O3. The average Bonchev–Trinajstić information content (AvgIpc) is 2.77. The minimum Gasteiger partial charge on any atom is -0.497 e. The normalized spacial score (nSPS) is 14.5. The second kappa shape index (κ2) is 5.06. The van der Waals surface area contributed by atoms with Crippen LogP contribution in [0.2, 0.25) is 0 Å². The summed E-state index contributed by atoms with van der Waals surface area (Å²) >= 11 is 0. The van der Waals surface area contributed by atoms with Crippen LogP contribution in [0.25, 0.3) is 11.0 Å². The molecule has 1 N–H and O–H groups in total. The third-order valence-electron chi connectivity index (χ3n) is 3.74. The second-order valence-corrected chi connectivity index (χ2v) is 7.76. The Kier molecular flexibility index (Phi) is 3.83. The second-order valence-electron chi connectivity index (χ2n) is 7.76. The molecule has 0 spiro atoms. The first kappa shape index (κ1) is 15.9. The van der Waals surface area contributed by atoms with Crippen molar-refractivity contribution in [3.8, 4) is 5.75 Å². The number of benzene rings is 1. The third kappa shape index (κ3) is 3.08. The van der Waals surface area contributed by atoms with Gasteiger partial charge in [0.1, 0.15) is 23.2 Å². The number of methoxy groups -OCH3 is 1. The van der Waals surface area contributed by atoms with Crippen LogP contribution in [0.4, 0.5) is 0 Å². The van der Waals surface area contributed by atoms with Crippen molar-refractivity contribution in [1.29, 1.82) is 0 Å². The number of aliphatic hydroxyl groups excluding tert-OH is 1. The molecule has 0 fully saturated rings. The smallest absolute Gasteiger partial charge is 0.138 e. The molecule has 1 aromatic carbocycles. The fraction of sp³-hybridized carbons (Fsp3) is 0.556. The van der Waals surface area contributed by atoms with Crippen LogP contribution in [-0.4, -0.2) is 12.2 Å². The quantitative estimate of drug-likeness (QED) is 0.862. The van der Waals surface area contributed by atoms with Crippen molar-refractivity contribution in [2.45, 2.75) is 53.1 Å². The van der Waals surface area contributed by atoms with E-state index in [9.17, 15) is 5.11 Å². The first-order chi connectivity index (χ1) is 9.54. The Morgan fingerprint density at radius 1 is 1.05 bits per heavy atom. The van der Waals surface area contributed by atoms with Gasteiger partial charge in [0.25, 0.3) is 0 Å². The molecule has 2 rings (SSSR count). The van der Waals surface area contributed by atoms with Gasteiger partial charge < -0.3 is 14.3 Å². The molecule has 0 amide bonds. The highest BCUT2D eigenvalue weighted by Crippen LogP contribution is 2.40. The fourth-order valence-corrected chi connectivity index (χ4v) is 2.38. The van der Waals surface area contributed by atoms with Crippen LogP contribution in [0, 0.1) is 5.41 Å². The number of hydrogen-bond donors (Lipinski definition) is 1. The summed E-state index contributed by atoms with van der Waals surface area (Å²) in [7, 11) is 1.67. The van der Waals surface area contributed by atoms with E-state index in [1.807, 2.05) is 39.0 Å². The van der Waals surface area contributed by atoms with Gasteiger partial charge in [-0.25, -0.2) is 0 Å². The molecule has 0 bridgehead atoms. The van der Waals surface area contributed by atoms with Crippen molar-refractivity contribution >= 4 is 11.0 Å². The Balaban J connectivity index is 2.67. The molecule has 3 nitrogen and oxygen atoms in total. The summed E-state index contributed by atoms with van der Waals surface area (Å²) in [6.45, 7) is 12.4. The lowest BCUT2D eigenvalue weighted by Gasteiger charge is -2.23. The molecule has 21 heavy (non-hydrogen) atoms. The van der Waals surface area contributed by atoms with Crippen LogP contribution < -0.4 is 4.74 Å². The maximum Gasteiger partial charge on any atom is 0.138 e. The van der Waals surface area contributed by atoms with Crippen LogP contribution in [0.3, 0.4) is 0 Å². The van der Waals surface area contributed by atoms with Crippen LogP contribution in [-0.2, 0) is 5.41 Å². The Morgan fingerprint density at radius 3 is 2.14 bits per heavy atom. The van der Waals surface area contributed by atoms with Crippen LogP contribution in [0.1, 0.15) is 59.0 Å². The summed E-state index contributed by atoms with van der Waals surface area (Å²) in [4.78, 5) is 0. The number of ether oxygens (including phenoxy) is 1. The number of aliphatic hydroxyl groups is 1. The highest BCUT2D eigenvalue weighted by molar-refractivity contribution is 5.84. The first-order valence-corrected chi connectivity index (χ1v) is 7.34. The number of fused-ring (bicyclic) bond motifs is 1. The van der Waals surface area contributed by atoms with Crippen molar-refractivity contribution in [3.63, 3.8) is 0 Å². The molecule has 0 aliphatic carbocycles. The monoisotopic (exact) mass is 290 g/mol. The predicted molar refractivity (Wildman–Crippen MR) is 85.9 cm³/mol. The lowest BCUT2D eigenvalue weighted by Crippen LogP contribution is -2.17. The van der Waals surface area contributed by atoms with E-state index in [2.05, 4.69) is 20.8 Å². The lowest BCUT2D eigenvalue weighted by atomic mass is 9.86. The summed E-state index contributed by atoms with van der Waals surface area (Å²) in [5, 5.41) is 11.4. The predicted octanol–water partition coefficient (Wildman–Crippen LogP) is 4.82. The zero-order valence-electron chi connectivity index (χ0n) is 14.1. The minimum absolute atomic E-state index is 0.0609. The molecule has 0 aliphatic heterocycles. The summed E-state index contributed by atoms with van der Waals surface area (Å²) in [6, 6.07) is 5.88. The Bertz CT molecular complexity index is 639. The SMILES string of the molecule is COc1cc(C(C)(C)C)c2oc(C(O)C(C)(C)C)cc2c1. The lowest BCUT2D eigenvalue weighted by molar-refractivity contribution is 0.0447. The van der Waals surface area contributed by atoms with Gasteiger partial charge in [-0.1, -0.05) is 41.5 Å². The van der Waals surface area contributed by atoms with Gasteiger partial charge in [-0.3, -0.25) is 0 Å². The first-order valence-electron chi connectivity index (χ1n) is 7.34. The molecule has 1 heterocycles. The molecule has 0 saturated heterocycles. The van der Waals surface area contributed by atoms with Gasteiger partial charge in [0, 0.05) is 10.9 Å². The van der Waals surface area contributed by atoms with Crippen molar-refractivity contribution in [3.05, 3.63) is 29.5 Å². The summed E-state index contributed by atoms with van der Waals surface area (Å²) < 4.78 is 11.4. The molecule has 0 aliphatic rings. The van der Waals surface area contributed by atoms with Gasteiger partial charge in [0.2, 0.25) is 0 Å². The van der Waals surface area contributed by atoms with Crippen molar-refractivity contribution in [2.24, 2.45) is 5.41 Å². The average molecular weight is 290 g/mol. The van der Waals surface area contributed by atoms with Gasteiger partial charge in [-0.05, 0) is 29.0 Å². The van der Waals surface area contributed by atoms with E-state index in [0.717, 1.165) is 22.3 Å². The topological polar surface area (TPSA) is 42.6 Å².